The Bertz CT molecular complexity index is 1020. The zero-order valence-corrected chi connectivity index (χ0v) is 21.7. The summed E-state index contributed by atoms with van der Waals surface area (Å²) in [4.78, 5) is 27.2. The van der Waals surface area contributed by atoms with E-state index in [0.29, 0.717) is 44.7 Å². The van der Waals surface area contributed by atoms with Crippen LogP contribution in [0.4, 0.5) is 8.78 Å². The molecule has 0 unspecified atom stereocenters. The summed E-state index contributed by atoms with van der Waals surface area (Å²) in [5.41, 5.74) is 1.32. The molecule has 0 aromatic heterocycles. The molecular weight excluding hydrogens is 480 g/mol. The lowest BCUT2D eigenvalue weighted by molar-refractivity contribution is -0.155. The van der Waals surface area contributed by atoms with Crippen LogP contribution >= 0.6 is 0 Å². The Labute approximate surface area is 217 Å². The summed E-state index contributed by atoms with van der Waals surface area (Å²) in [5, 5.41) is 0. The van der Waals surface area contributed by atoms with Crippen LogP contribution < -0.4 is 0 Å². The highest BCUT2D eigenvalue weighted by Crippen LogP contribution is 2.40. The average Bonchev–Trinajstić information content (AvgIpc) is 2.88. The Hall–Kier alpha value is -3.10. The van der Waals surface area contributed by atoms with Crippen LogP contribution in [0.3, 0.4) is 0 Å². The Morgan fingerprint density at radius 3 is 1.92 bits per heavy atom. The summed E-state index contributed by atoms with van der Waals surface area (Å²) in [5.74, 6) is -1.47. The quantitative estimate of drug-likeness (QED) is 0.302. The number of ether oxygens (including phenoxy) is 3. The lowest BCUT2D eigenvalue weighted by atomic mass is 9.72. The first-order valence-electron chi connectivity index (χ1n) is 12.7. The van der Waals surface area contributed by atoms with Gasteiger partial charge in [-0.1, -0.05) is 24.3 Å². The molecule has 2 aromatic rings. The number of carbonyl (C=O) groups excluding carboxylic acids is 2. The first-order chi connectivity index (χ1) is 17.8. The molecular formula is C29H35F2NO5. The number of hydrogen-bond donors (Lipinski definition) is 0. The third kappa shape index (κ3) is 7.46. The van der Waals surface area contributed by atoms with Crippen molar-refractivity contribution in [3.8, 4) is 0 Å². The molecule has 0 atom stereocenters. The lowest BCUT2D eigenvalue weighted by Crippen LogP contribution is -2.46. The van der Waals surface area contributed by atoms with Gasteiger partial charge in [-0.3, -0.25) is 4.79 Å². The third-order valence-corrected chi connectivity index (χ3v) is 6.79. The minimum atomic E-state index is -0.870. The maximum Gasteiger partial charge on any atom is 0.330 e. The fourth-order valence-electron chi connectivity index (χ4n) is 4.65. The average molecular weight is 516 g/mol. The zero-order valence-electron chi connectivity index (χ0n) is 21.7. The second-order valence-electron chi connectivity index (χ2n) is 9.08. The van der Waals surface area contributed by atoms with Gasteiger partial charge in [-0.25, -0.2) is 13.6 Å². The molecule has 2 aromatic carbocycles. The van der Waals surface area contributed by atoms with Crippen molar-refractivity contribution in [3.63, 3.8) is 0 Å². The molecule has 0 N–H and O–H groups in total. The van der Waals surface area contributed by atoms with Gasteiger partial charge in [0.25, 0.3) is 0 Å². The highest BCUT2D eigenvalue weighted by atomic mass is 19.1. The van der Waals surface area contributed by atoms with Crippen LogP contribution in [-0.2, 0) is 23.8 Å². The van der Waals surface area contributed by atoms with E-state index in [9.17, 15) is 18.4 Å². The summed E-state index contributed by atoms with van der Waals surface area (Å²) in [7, 11) is 0. The number of esters is 2. The highest BCUT2D eigenvalue weighted by Gasteiger charge is 2.44. The number of likely N-dealkylation sites (tertiary alicyclic amines) is 1. The van der Waals surface area contributed by atoms with Crippen molar-refractivity contribution in [2.24, 2.45) is 5.41 Å². The maximum atomic E-state index is 13.5. The lowest BCUT2D eigenvalue weighted by Gasteiger charge is -2.40. The number of nitrogens with zero attached hydrogens (tertiary/aromatic N) is 1. The van der Waals surface area contributed by atoms with Crippen molar-refractivity contribution in [2.75, 3.05) is 39.5 Å². The topological polar surface area (TPSA) is 65.1 Å². The highest BCUT2D eigenvalue weighted by molar-refractivity contribution is 5.87. The molecule has 1 fully saturated rings. The SMILES string of the molecule is CCOC(=O)/C=C(\C)C1(C(=O)OCC)CCN(CCOC(c2ccc(F)cc2)c2ccc(F)cc2)CC1. The third-order valence-electron chi connectivity index (χ3n) is 6.79. The molecule has 0 bridgehead atoms. The van der Waals surface area contributed by atoms with Gasteiger partial charge in [0, 0.05) is 12.6 Å². The molecule has 1 saturated heterocycles. The zero-order chi connectivity index (χ0) is 26.8. The van der Waals surface area contributed by atoms with E-state index >= 15 is 0 Å². The summed E-state index contributed by atoms with van der Waals surface area (Å²) >= 11 is 0. The van der Waals surface area contributed by atoms with Gasteiger partial charge in [-0.2, -0.15) is 0 Å². The van der Waals surface area contributed by atoms with Gasteiger partial charge in [0.1, 0.15) is 17.7 Å². The van der Waals surface area contributed by atoms with Crippen molar-refractivity contribution in [1.29, 1.82) is 0 Å². The smallest absolute Gasteiger partial charge is 0.330 e. The molecule has 200 valence electrons. The van der Waals surface area contributed by atoms with Gasteiger partial charge >= 0.3 is 11.9 Å². The number of carbonyl (C=O) groups is 2. The molecule has 0 spiro atoms. The van der Waals surface area contributed by atoms with Crippen LogP contribution in [-0.4, -0.2) is 56.3 Å². The molecule has 1 heterocycles. The van der Waals surface area contributed by atoms with Crippen LogP contribution in [0.1, 0.15) is 50.8 Å². The predicted octanol–water partition coefficient (Wildman–Crippen LogP) is 5.23. The van der Waals surface area contributed by atoms with E-state index in [1.165, 1.54) is 30.3 Å². The minimum Gasteiger partial charge on any atom is -0.465 e. The standard InChI is InChI=1S/C29H35F2NO5/c1-4-35-26(33)20-21(3)29(28(34)36-5-2)14-16-32(17-15-29)18-19-37-27(22-6-10-24(30)11-7-22)23-8-12-25(31)13-9-23/h6-13,20,27H,4-5,14-19H2,1-3H3/b21-20+. The van der Waals surface area contributed by atoms with Crippen LogP contribution in [0, 0.1) is 17.0 Å². The minimum absolute atomic E-state index is 0.263. The maximum absolute atomic E-state index is 13.5. The molecule has 1 aliphatic rings. The van der Waals surface area contributed by atoms with E-state index in [0.717, 1.165) is 11.1 Å². The summed E-state index contributed by atoms with van der Waals surface area (Å²) in [6, 6.07) is 12.2. The van der Waals surface area contributed by atoms with Crippen LogP contribution in [0.2, 0.25) is 0 Å². The molecule has 0 amide bonds. The van der Waals surface area contributed by atoms with E-state index in [1.54, 1.807) is 45.0 Å². The molecule has 37 heavy (non-hydrogen) atoms. The van der Waals surface area contributed by atoms with Crippen molar-refractivity contribution in [2.45, 2.75) is 39.7 Å². The molecule has 1 aliphatic heterocycles. The van der Waals surface area contributed by atoms with Gasteiger partial charge in [-0.05, 0) is 87.7 Å². The Balaban J connectivity index is 1.66. The fraction of sp³-hybridized carbons (Fsp3) is 0.448. The molecule has 0 radical (unpaired) electrons. The first-order valence-corrected chi connectivity index (χ1v) is 12.7. The fourth-order valence-corrected chi connectivity index (χ4v) is 4.65. The Kier molecular flexibility index (Phi) is 10.3. The molecule has 0 aliphatic carbocycles. The van der Waals surface area contributed by atoms with Crippen LogP contribution in [0.25, 0.3) is 0 Å². The number of benzene rings is 2. The van der Waals surface area contributed by atoms with E-state index < -0.39 is 17.5 Å². The van der Waals surface area contributed by atoms with Gasteiger partial charge in [0.05, 0.1) is 25.2 Å². The molecule has 6 nitrogen and oxygen atoms in total. The number of hydrogen-bond acceptors (Lipinski definition) is 6. The molecule has 8 heteroatoms. The van der Waals surface area contributed by atoms with E-state index in [4.69, 9.17) is 14.2 Å². The van der Waals surface area contributed by atoms with Crippen molar-refractivity contribution in [1.82, 2.24) is 4.90 Å². The van der Waals surface area contributed by atoms with Gasteiger partial charge < -0.3 is 19.1 Å². The summed E-state index contributed by atoms with van der Waals surface area (Å²) < 4.78 is 43.6. The Morgan fingerprint density at radius 1 is 0.919 bits per heavy atom. The summed E-state index contributed by atoms with van der Waals surface area (Å²) in [6.45, 7) is 8.03. The summed E-state index contributed by atoms with van der Waals surface area (Å²) in [6.07, 6.45) is 1.94. The molecule has 3 rings (SSSR count). The van der Waals surface area contributed by atoms with Crippen molar-refractivity contribution >= 4 is 11.9 Å². The first kappa shape index (κ1) is 28.5. The number of piperidine rings is 1. The normalized spacial score (nSPS) is 16.0. The largest absolute Gasteiger partial charge is 0.465 e. The van der Waals surface area contributed by atoms with Gasteiger partial charge in [0.15, 0.2) is 0 Å². The number of rotatable bonds is 11. The van der Waals surface area contributed by atoms with Crippen molar-refractivity contribution < 1.29 is 32.6 Å². The second-order valence-corrected chi connectivity index (χ2v) is 9.08. The van der Waals surface area contributed by atoms with Gasteiger partial charge in [-0.15, -0.1) is 0 Å². The van der Waals surface area contributed by atoms with Crippen LogP contribution in [0.15, 0.2) is 60.2 Å². The number of halogens is 2. The van der Waals surface area contributed by atoms with E-state index in [1.807, 2.05) is 0 Å². The van der Waals surface area contributed by atoms with Crippen LogP contribution in [0.5, 0.6) is 0 Å². The second kappa shape index (κ2) is 13.4. The van der Waals surface area contributed by atoms with E-state index in [2.05, 4.69) is 4.90 Å². The predicted molar refractivity (Wildman–Crippen MR) is 136 cm³/mol. The van der Waals surface area contributed by atoms with Gasteiger partial charge in [0.2, 0.25) is 0 Å². The Morgan fingerprint density at radius 2 is 1.43 bits per heavy atom. The monoisotopic (exact) mass is 515 g/mol. The van der Waals surface area contributed by atoms with Crippen molar-refractivity contribution in [3.05, 3.63) is 82.9 Å². The molecule has 0 saturated carbocycles. The van der Waals surface area contributed by atoms with E-state index in [-0.39, 0.29) is 30.8 Å².